The Morgan fingerprint density at radius 3 is 2.72 bits per heavy atom. The maximum absolute atomic E-state index is 13.4. The van der Waals surface area contributed by atoms with Crippen LogP contribution in [-0.2, 0) is 6.18 Å². The van der Waals surface area contributed by atoms with E-state index in [9.17, 15) is 17.1 Å². The molecule has 4 aromatic heterocycles. The fourth-order valence-electron chi connectivity index (χ4n) is 3.56. The van der Waals surface area contributed by atoms with Crippen LogP contribution in [0.3, 0.4) is 0 Å². The number of pyridine rings is 2. The monoisotopic (exact) mass is 459 g/mol. The molecule has 4 heterocycles. The van der Waals surface area contributed by atoms with E-state index in [0.717, 1.165) is 22.5 Å². The molecule has 0 aliphatic rings. The highest BCUT2D eigenvalue weighted by Crippen LogP contribution is 2.34. The zero-order valence-electron chi connectivity index (χ0n) is 16.3. The van der Waals surface area contributed by atoms with Gasteiger partial charge in [0, 0.05) is 17.1 Å². The lowest BCUT2D eigenvalue weighted by molar-refractivity contribution is -0.141. The number of fused-ring (bicyclic) bond motifs is 2. The highest BCUT2D eigenvalue weighted by molar-refractivity contribution is 7.95. The number of hydrogen-bond donors (Lipinski definition) is 2. The van der Waals surface area contributed by atoms with E-state index in [1.54, 1.807) is 29.0 Å². The van der Waals surface area contributed by atoms with Gasteiger partial charge in [-0.2, -0.15) is 18.3 Å². The molecule has 0 radical (unpaired) electrons. The topological polar surface area (TPSA) is 84.3 Å². The number of imidazole rings is 1. The number of alkyl halides is 3. The third-order valence-corrected chi connectivity index (χ3v) is 5.23. The molecule has 32 heavy (non-hydrogen) atoms. The number of nitrogens with one attached hydrogen (secondary N) is 2. The molecule has 0 amide bonds. The highest BCUT2D eigenvalue weighted by Gasteiger charge is 2.33. The minimum Gasteiger partial charge on any atom is -0.287 e. The molecule has 7 nitrogen and oxygen atoms in total. The Hall–Kier alpha value is -3.67. The molecule has 0 unspecified atom stereocenters. The minimum atomic E-state index is -4.61. The third kappa shape index (κ3) is 3.42. The first-order chi connectivity index (χ1) is 15.3. The van der Waals surface area contributed by atoms with Crippen molar-refractivity contribution in [1.29, 1.82) is 0 Å². The molecule has 12 heteroatoms. The van der Waals surface area contributed by atoms with Gasteiger partial charge in [-0.3, -0.25) is 14.4 Å². The largest absolute Gasteiger partial charge is 0.433 e. The van der Waals surface area contributed by atoms with Crippen LogP contribution >= 0.6 is 12.3 Å². The van der Waals surface area contributed by atoms with Gasteiger partial charge in [0.2, 0.25) is 0 Å². The van der Waals surface area contributed by atoms with Gasteiger partial charge in [0.15, 0.2) is 18.0 Å². The first kappa shape index (κ1) is 20.2. The Balaban J connectivity index is 1.82. The van der Waals surface area contributed by atoms with Crippen LogP contribution in [0, 0.1) is 6.92 Å². The highest BCUT2D eigenvalue weighted by atomic mass is 32.2. The van der Waals surface area contributed by atoms with Crippen molar-refractivity contribution in [2.45, 2.75) is 13.1 Å². The smallest absolute Gasteiger partial charge is 0.287 e. The van der Waals surface area contributed by atoms with E-state index in [-0.39, 0.29) is 29.3 Å². The van der Waals surface area contributed by atoms with Gasteiger partial charge in [-0.1, -0.05) is 0 Å². The van der Waals surface area contributed by atoms with Gasteiger partial charge in [0.25, 0.3) is 0 Å². The number of nitrogens with zero attached hydrogens (tertiary/aromatic N) is 5. The quantitative estimate of drug-likeness (QED) is 0.268. The second-order valence-electron chi connectivity index (χ2n) is 7.01. The van der Waals surface area contributed by atoms with Crippen molar-refractivity contribution in [1.82, 2.24) is 29.7 Å². The summed E-state index contributed by atoms with van der Waals surface area (Å²) in [5.41, 5.74) is 2.05. The predicted octanol–water partition coefficient (Wildman–Crippen LogP) is 5.63. The van der Waals surface area contributed by atoms with E-state index in [1.165, 1.54) is 12.3 Å². The van der Waals surface area contributed by atoms with Gasteiger partial charge >= 0.3 is 6.18 Å². The molecule has 162 valence electrons. The fraction of sp³-hybridized carbons (Fsp3) is 0.100. The minimum absolute atomic E-state index is 0.0447. The SMILES string of the molecule is Cc1cc(-n2c(-c3ccnc(NSF)c3)nc3ccc(C(F)(F)F)nc32)cc2cn[nH]c12. The van der Waals surface area contributed by atoms with Crippen LogP contribution in [0.4, 0.5) is 22.9 Å². The molecule has 0 saturated heterocycles. The summed E-state index contributed by atoms with van der Waals surface area (Å²) in [5, 5.41) is 7.72. The standard InChI is InChI=1S/C20H13F4N7S/c1-10-6-13(7-12-9-26-29-17(10)12)31-18(11-4-5-25-16(8-11)30-32-24)27-14-2-3-15(20(21,22)23)28-19(14)31/h2-9H,1H3,(H,25,30)(H,26,29). The Labute approximate surface area is 182 Å². The summed E-state index contributed by atoms with van der Waals surface area (Å²) in [6, 6.07) is 8.97. The van der Waals surface area contributed by atoms with Crippen LogP contribution < -0.4 is 4.72 Å². The van der Waals surface area contributed by atoms with Crippen molar-refractivity contribution in [2.24, 2.45) is 0 Å². The van der Waals surface area contributed by atoms with Crippen molar-refractivity contribution in [3.63, 3.8) is 0 Å². The van der Waals surface area contributed by atoms with Gasteiger partial charge in [0.05, 0.1) is 17.4 Å². The van der Waals surface area contributed by atoms with Crippen LogP contribution in [0.25, 0.3) is 39.1 Å². The molecule has 5 rings (SSSR count). The van der Waals surface area contributed by atoms with Gasteiger partial charge in [-0.15, -0.1) is 3.89 Å². The number of hydrogen-bond acceptors (Lipinski definition) is 6. The Morgan fingerprint density at radius 1 is 1.09 bits per heavy atom. The molecular formula is C20H13F4N7S. The summed E-state index contributed by atoms with van der Waals surface area (Å²) in [6.07, 6.45) is -1.53. The molecule has 5 aromatic rings. The number of halogens is 4. The summed E-state index contributed by atoms with van der Waals surface area (Å²) >= 11 is -0.114. The van der Waals surface area contributed by atoms with Crippen molar-refractivity contribution >= 4 is 40.2 Å². The van der Waals surface area contributed by atoms with Gasteiger partial charge < -0.3 is 0 Å². The summed E-state index contributed by atoms with van der Waals surface area (Å²) in [6.45, 7) is 1.87. The Bertz CT molecular complexity index is 1460. The Morgan fingerprint density at radius 2 is 1.94 bits per heavy atom. The molecule has 0 spiro atoms. The van der Waals surface area contributed by atoms with Crippen molar-refractivity contribution in [3.8, 4) is 17.1 Å². The normalized spacial score (nSPS) is 12.0. The maximum Gasteiger partial charge on any atom is 0.433 e. The van der Waals surface area contributed by atoms with Crippen LogP contribution in [0.5, 0.6) is 0 Å². The molecule has 0 aliphatic carbocycles. The molecule has 0 fully saturated rings. The fourth-order valence-corrected chi connectivity index (χ4v) is 3.75. The number of anilines is 1. The first-order valence-electron chi connectivity index (χ1n) is 9.26. The van der Waals surface area contributed by atoms with E-state index < -0.39 is 11.9 Å². The molecule has 0 saturated carbocycles. The van der Waals surface area contributed by atoms with E-state index in [4.69, 9.17) is 0 Å². The molecule has 0 atom stereocenters. The average molecular weight is 459 g/mol. The molecule has 2 N–H and O–H groups in total. The van der Waals surface area contributed by atoms with E-state index in [0.29, 0.717) is 17.1 Å². The number of H-pyrrole nitrogens is 1. The van der Waals surface area contributed by atoms with E-state index >= 15 is 0 Å². The number of aryl methyl sites for hydroxylation is 1. The number of aromatic amines is 1. The number of benzene rings is 1. The summed E-state index contributed by atoms with van der Waals surface area (Å²) in [7, 11) is 0. The average Bonchev–Trinajstić information content (AvgIpc) is 3.38. The number of aromatic nitrogens is 6. The second-order valence-corrected chi connectivity index (χ2v) is 7.37. The third-order valence-electron chi connectivity index (χ3n) is 4.95. The maximum atomic E-state index is 13.4. The van der Waals surface area contributed by atoms with E-state index in [1.807, 2.05) is 13.0 Å². The van der Waals surface area contributed by atoms with Crippen molar-refractivity contribution in [3.05, 3.63) is 60.0 Å². The van der Waals surface area contributed by atoms with Gasteiger partial charge in [-0.25, -0.2) is 15.0 Å². The summed E-state index contributed by atoms with van der Waals surface area (Å²) in [5.74, 6) is 0.572. The lowest BCUT2D eigenvalue weighted by Crippen LogP contribution is -2.09. The summed E-state index contributed by atoms with van der Waals surface area (Å²) < 4.78 is 56.8. The zero-order chi connectivity index (χ0) is 22.5. The lowest BCUT2D eigenvalue weighted by Gasteiger charge is -2.12. The molecular weight excluding hydrogens is 446 g/mol. The molecule has 0 bridgehead atoms. The van der Waals surface area contributed by atoms with Gasteiger partial charge in [-0.05, 0) is 48.9 Å². The predicted molar refractivity (Wildman–Crippen MR) is 114 cm³/mol. The number of rotatable bonds is 4. The zero-order valence-corrected chi connectivity index (χ0v) is 17.1. The second kappa shape index (κ2) is 7.48. The van der Waals surface area contributed by atoms with Crippen LogP contribution in [0.1, 0.15) is 11.3 Å². The Kier molecular flexibility index (Phi) is 4.73. The van der Waals surface area contributed by atoms with Crippen molar-refractivity contribution in [2.75, 3.05) is 4.72 Å². The molecule has 0 aliphatic heterocycles. The first-order valence-corrected chi connectivity index (χ1v) is 9.97. The van der Waals surface area contributed by atoms with Crippen LogP contribution in [-0.4, -0.2) is 29.7 Å². The van der Waals surface area contributed by atoms with Crippen LogP contribution in [0.15, 0.2) is 48.8 Å². The van der Waals surface area contributed by atoms with Crippen molar-refractivity contribution < 1.29 is 17.1 Å². The lowest BCUT2D eigenvalue weighted by atomic mass is 10.1. The van der Waals surface area contributed by atoms with Crippen LogP contribution in [0.2, 0.25) is 0 Å². The van der Waals surface area contributed by atoms with Gasteiger partial charge in [0.1, 0.15) is 22.9 Å². The van der Waals surface area contributed by atoms with E-state index in [2.05, 4.69) is 29.9 Å². The molecule has 1 aromatic carbocycles. The summed E-state index contributed by atoms with van der Waals surface area (Å²) in [4.78, 5) is 12.4.